The van der Waals surface area contributed by atoms with Gasteiger partial charge >= 0.3 is 0 Å². The number of anilines is 2. The van der Waals surface area contributed by atoms with E-state index in [4.69, 9.17) is 18.0 Å². The minimum Gasteiger partial charge on any atom is -0.389 e. The molecule has 0 aliphatic carbocycles. The number of thiocarbonyl (C=S) groups is 1. The predicted molar refractivity (Wildman–Crippen MR) is 85.2 cm³/mol. The van der Waals surface area contributed by atoms with Crippen LogP contribution in [0, 0.1) is 0 Å². The number of hydrogen-bond acceptors (Lipinski definition) is 4. The fraction of sp³-hybridized carbons (Fsp3) is 0. The van der Waals surface area contributed by atoms with Crippen molar-refractivity contribution in [1.82, 2.24) is 4.98 Å². The Morgan fingerprint density at radius 2 is 2.16 bits per heavy atom. The average Bonchev–Trinajstić information content (AvgIpc) is 2.86. The van der Waals surface area contributed by atoms with Gasteiger partial charge in [0.2, 0.25) is 0 Å². The fourth-order valence-electron chi connectivity index (χ4n) is 1.88. The van der Waals surface area contributed by atoms with E-state index in [0.29, 0.717) is 10.8 Å². The normalized spacial score (nSPS) is 10.5. The van der Waals surface area contributed by atoms with Gasteiger partial charge in [-0.15, -0.1) is 11.3 Å². The first-order chi connectivity index (χ1) is 9.24. The summed E-state index contributed by atoms with van der Waals surface area (Å²) in [5, 5.41) is 6.55. The van der Waals surface area contributed by atoms with Gasteiger partial charge < -0.3 is 11.1 Å². The molecule has 3 rings (SSSR count). The van der Waals surface area contributed by atoms with E-state index in [9.17, 15) is 0 Å². The number of benzene rings is 1. The van der Waals surface area contributed by atoms with Crippen LogP contribution in [0.15, 0.2) is 48.0 Å². The van der Waals surface area contributed by atoms with Crippen molar-refractivity contribution in [2.75, 3.05) is 5.32 Å². The summed E-state index contributed by atoms with van der Waals surface area (Å²) in [6.07, 6.45) is 1.72. The molecule has 0 saturated heterocycles. The van der Waals surface area contributed by atoms with Gasteiger partial charge in [-0.25, -0.2) is 4.98 Å². The Bertz CT molecular complexity index is 749. The van der Waals surface area contributed by atoms with E-state index in [1.165, 1.54) is 10.1 Å². The number of nitrogens with two attached hydrogens (primary N) is 1. The number of pyridine rings is 1. The van der Waals surface area contributed by atoms with Crippen molar-refractivity contribution in [1.29, 1.82) is 0 Å². The Morgan fingerprint density at radius 1 is 1.26 bits per heavy atom. The molecule has 0 aliphatic rings. The highest BCUT2D eigenvalue weighted by Crippen LogP contribution is 2.26. The highest BCUT2D eigenvalue weighted by molar-refractivity contribution is 7.80. The van der Waals surface area contributed by atoms with E-state index < -0.39 is 0 Å². The first-order valence-corrected chi connectivity index (χ1v) is 7.02. The van der Waals surface area contributed by atoms with Crippen molar-refractivity contribution in [3.05, 3.63) is 53.5 Å². The number of aromatic nitrogens is 1. The molecule has 0 unspecified atom stereocenters. The Hall–Kier alpha value is -1.98. The van der Waals surface area contributed by atoms with E-state index in [-0.39, 0.29) is 0 Å². The first-order valence-electron chi connectivity index (χ1n) is 5.73. The van der Waals surface area contributed by atoms with Crippen LogP contribution in [-0.4, -0.2) is 9.97 Å². The van der Waals surface area contributed by atoms with Gasteiger partial charge in [0.1, 0.15) is 10.8 Å². The maximum absolute atomic E-state index is 5.70. The average molecular weight is 285 g/mol. The van der Waals surface area contributed by atoms with E-state index in [2.05, 4.69) is 33.9 Å². The third-order valence-corrected chi connectivity index (χ3v) is 3.91. The summed E-state index contributed by atoms with van der Waals surface area (Å²) in [6.45, 7) is 0. The van der Waals surface area contributed by atoms with E-state index in [1.807, 2.05) is 18.2 Å². The monoisotopic (exact) mass is 285 g/mol. The van der Waals surface area contributed by atoms with Crippen molar-refractivity contribution in [2.45, 2.75) is 0 Å². The Balaban J connectivity index is 1.98. The van der Waals surface area contributed by atoms with Gasteiger partial charge in [0, 0.05) is 16.6 Å². The number of hydrogen-bond donors (Lipinski definition) is 2. The van der Waals surface area contributed by atoms with Crippen LogP contribution in [0.25, 0.3) is 10.1 Å². The quantitative estimate of drug-likeness (QED) is 0.721. The molecule has 3 aromatic rings. The van der Waals surface area contributed by atoms with Crippen LogP contribution in [0.2, 0.25) is 0 Å². The highest BCUT2D eigenvalue weighted by Gasteiger charge is 2.06. The molecular weight excluding hydrogens is 274 g/mol. The van der Waals surface area contributed by atoms with Gasteiger partial charge in [0.05, 0.1) is 5.56 Å². The van der Waals surface area contributed by atoms with Gasteiger partial charge in [-0.1, -0.05) is 12.2 Å². The van der Waals surface area contributed by atoms with Crippen molar-refractivity contribution in [3.8, 4) is 0 Å². The molecule has 2 aromatic heterocycles. The molecule has 0 saturated carbocycles. The maximum atomic E-state index is 5.70. The molecule has 5 heteroatoms. The highest BCUT2D eigenvalue weighted by atomic mass is 32.1. The van der Waals surface area contributed by atoms with E-state index >= 15 is 0 Å². The Kier molecular flexibility index (Phi) is 3.15. The van der Waals surface area contributed by atoms with Gasteiger partial charge in [-0.05, 0) is 47.2 Å². The zero-order chi connectivity index (χ0) is 13.2. The molecule has 94 valence electrons. The summed E-state index contributed by atoms with van der Waals surface area (Å²) in [5.74, 6) is 0.685. The number of thiophene rings is 1. The number of nitrogens with zero attached hydrogens (tertiary/aromatic N) is 1. The topological polar surface area (TPSA) is 50.9 Å². The zero-order valence-corrected chi connectivity index (χ0v) is 11.6. The molecule has 3 nitrogen and oxygen atoms in total. The van der Waals surface area contributed by atoms with Crippen molar-refractivity contribution >= 4 is 50.1 Å². The minimum absolute atomic E-state index is 0.340. The van der Waals surface area contributed by atoms with Crippen molar-refractivity contribution < 1.29 is 0 Å². The third-order valence-electron chi connectivity index (χ3n) is 2.79. The minimum atomic E-state index is 0.340. The molecule has 3 N–H and O–H groups in total. The van der Waals surface area contributed by atoms with Crippen LogP contribution in [-0.2, 0) is 0 Å². The summed E-state index contributed by atoms with van der Waals surface area (Å²) in [7, 11) is 0. The van der Waals surface area contributed by atoms with Crippen molar-refractivity contribution in [2.24, 2.45) is 5.73 Å². The van der Waals surface area contributed by atoms with Gasteiger partial charge in [-0.2, -0.15) is 0 Å². The first kappa shape index (κ1) is 12.1. The molecule has 1 aromatic carbocycles. The molecule has 0 radical (unpaired) electrons. The molecule has 2 heterocycles. The van der Waals surface area contributed by atoms with Gasteiger partial charge in [-0.3, -0.25) is 0 Å². The molecule has 0 atom stereocenters. The third kappa shape index (κ3) is 2.43. The second-order valence-corrected chi connectivity index (χ2v) is 5.45. The molecule has 0 fully saturated rings. The molecule has 19 heavy (non-hydrogen) atoms. The van der Waals surface area contributed by atoms with Crippen LogP contribution >= 0.6 is 23.6 Å². The molecular formula is C14H11N3S2. The van der Waals surface area contributed by atoms with Gasteiger partial charge in [0.15, 0.2) is 0 Å². The van der Waals surface area contributed by atoms with Crippen LogP contribution in [0.1, 0.15) is 5.56 Å². The predicted octanol–water partition coefficient (Wildman–Crippen LogP) is 3.67. The largest absolute Gasteiger partial charge is 0.389 e. The molecule has 0 bridgehead atoms. The summed E-state index contributed by atoms with van der Waals surface area (Å²) in [6, 6.07) is 12.0. The van der Waals surface area contributed by atoms with Crippen molar-refractivity contribution in [3.63, 3.8) is 0 Å². The fourth-order valence-corrected chi connectivity index (χ4v) is 2.82. The maximum Gasteiger partial charge on any atom is 0.140 e. The van der Waals surface area contributed by atoms with E-state index in [0.717, 1.165) is 11.3 Å². The number of fused-ring (bicyclic) bond motifs is 1. The van der Waals surface area contributed by atoms with E-state index in [1.54, 1.807) is 17.5 Å². The second-order valence-electron chi connectivity index (χ2n) is 4.06. The Labute approximate surface area is 120 Å². The lowest BCUT2D eigenvalue weighted by Gasteiger charge is -2.09. The molecule has 0 amide bonds. The zero-order valence-electron chi connectivity index (χ0n) is 9.96. The SMILES string of the molecule is NC(=S)c1cccnc1Nc1ccc2sccc2c1. The lowest BCUT2D eigenvalue weighted by atomic mass is 10.2. The second kappa shape index (κ2) is 4.95. The summed E-state index contributed by atoms with van der Waals surface area (Å²) in [5.41, 5.74) is 7.42. The van der Waals surface area contributed by atoms with Gasteiger partial charge in [0.25, 0.3) is 0 Å². The summed E-state index contributed by atoms with van der Waals surface area (Å²) < 4.78 is 1.26. The number of rotatable bonds is 3. The molecule has 0 aliphatic heterocycles. The Morgan fingerprint density at radius 3 is 3.00 bits per heavy atom. The van der Waals surface area contributed by atoms with Crippen LogP contribution in [0.4, 0.5) is 11.5 Å². The smallest absolute Gasteiger partial charge is 0.140 e. The molecule has 0 spiro atoms. The summed E-state index contributed by atoms with van der Waals surface area (Å²) >= 11 is 6.75. The van der Waals surface area contributed by atoms with Crippen LogP contribution in [0.5, 0.6) is 0 Å². The lowest BCUT2D eigenvalue weighted by Crippen LogP contribution is -2.12. The standard InChI is InChI=1S/C14H11N3S2/c15-13(18)11-2-1-6-16-14(11)17-10-3-4-12-9(8-10)5-7-19-12/h1-8H,(H2,15,18)(H,16,17). The van der Waals surface area contributed by atoms with Crippen LogP contribution < -0.4 is 11.1 Å². The lowest BCUT2D eigenvalue weighted by molar-refractivity contribution is 1.30. The number of nitrogens with one attached hydrogen (secondary N) is 1. The summed E-state index contributed by atoms with van der Waals surface area (Å²) in [4.78, 5) is 4.63. The van der Waals surface area contributed by atoms with Crippen LogP contribution in [0.3, 0.4) is 0 Å².